The molecule has 7 nitrogen and oxygen atoms in total. The summed E-state index contributed by atoms with van der Waals surface area (Å²) in [6.07, 6.45) is 4.52. The molecule has 2 heterocycles. The van der Waals surface area contributed by atoms with E-state index in [2.05, 4.69) is 41.0 Å². The van der Waals surface area contributed by atoms with Crippen LogP contribution in [-0.4, -0.2) is 29.9 Å². The van der Waals surface area contributed by atoms with Crippen LogP contribution in [0.25, 0.3) is 22.2 Å². The number of primary sulfonamides is 1. The lowest BCUT2D eigenvalue weighted by Crippen LogP contribution is -2.19. The molecule has 2 aromatic heterocycles. The van der Waals surface area contributed by atoms with E-state index in [1.165, 1.54) is 12.3 Å². The minimum Gasteiger partial charge on any atom is -0.368 e. The van der Waals surface area contributed by atoms with Crippen molar-refractivity contribution in [3.63, 3.8) is 0 Å². The van der Waals surface area contributed by atoms with E-state index in [1.807, 2.05) is 18.2 Å². The first-order valence-electron chi connectivity index (χ1n) is 8.11. The van der Waals surface area contributed by atoms with Gasteiger partial charge in [-0.05, 0) is 29.2 Å². The average Bonchev–Trinajstić information content (AvgIpc) is 2.58. The van der Waals surface area contributed by atoms with E-state index in [4.69, 9.17) is 5.14 Å². The minimum atomic E-state index is -3.80. The summed E-state index contributed by atoms with van der Waals surface area (Å²) in [5, 5.41) is 8.47. The van der Waals surface area contributed by atoms with Gasteiger partial charge >= 0.3 is 0 Å². The number of rotatable bonds is 4. The highest BCUT2D eigenvalue weighted by atomic mass is 32.2. The maximum Gasteiger partial charge on any atom is 0.239 e. The molecular formula is C18H21N5O2S. The van der Waals surface area contributed by atoms with Crippen LogP contribution >= 0.6 is 0 Å². The molecule has 3 N–H and O–H groups in total. The molecule has 0 spiro atoms. The van der Waals surface area contributed by atoms with Gasteiger partial charge in [0, 0.05) is 24.5 Å². The number of hydrogen-bond donors (Lipinski definition) is 2. The number of sulfonamides is 1. The first kappa shape index (κ1) is 18.2. The number of nitrogens with two attached hydrogens (primary N) is 1. The van der Waals surface area contributed by atoms with Crippen LogP contribution in [0.1, 0.15) is 20.8 Å². The number of hydrogen-bond acceptors (Lipinski definition) is 6. The molecule has 0 aliphatic carbocycles. The Morgan fingerprint density at radius 2 is 1.81 bits per heavy atom. The molecule has 0 atom stereocenters. The molecule has 0 aliphatic heterocycles. The summed E-state index contributed by atoms with van der Waals surface area (Å²) in [4.78, 5) is 13.0. The summed E-state index contributed by atoms with van der Waals surface area (Å²) in [7, 11) is -3.80. The van der Waals surface area contributed by atoms with Gasteiger partial charge in [0.25, 0.3) is 0 Å². The number of nitrogens with one attached hydrogen (secondary N) is 1. The van der Waals surface area contributed by atoms with Crippen LogP contribution in [0, 0.1) is 5.41 Å². The summed E-state index contributed by atoms with van der Waals surface area (Å²) in [5.74, 6) is 0.695. The summed E-state index contributed by atoms with van der Waals surface area (Å²) in [6, 6.07) is 7.05. The van der Waals surface area contributed by atoms with Crippen molar-refractivity contribution in [3.05, 3.63) is 42.9 Å². The molecule has 136 valence electrons. The smallest absolute Gasteiger partial charge is 0.239 e. The number of benzene rings is 1. The Morgan fingerprint density at radius 1 is 1.04 bits per heavy atom. The first-order valence-corrected chi connectivity index (χ1v) is 9.65. The van der Waals surface area contributed by atoms with Crippen molar-refractivity contribution in [2.24, 2.45) is 10.6 Å². The predicted molar refractivity (Wildman–Crippen MR) is 102 cm³/mol. The molecule has 0 fully saturated rings. The fraction of sp³-hybridized carbons (Fsp3) is 0.278. The highest BCUT2D eigenvalue weighted by Gasteiger charge is 2.12. The number of aromatic nitrogens is 3. The van der Waals surface area contributed by atoms with Crippen LogP contribution in [0.3, 0.4) is 0 Å². The molecule has 3 aromatic rings. The second kappa shape index (κ2) is 6.62. The molecule has 0 saturated carbocycles. The van der Waals surface area contributed by atoms with Gasteiger partial charge in [-0.1, -0.05) is 26.8 Å². The Kier molecular flexibility index (Phi) is 4.64. The van der Waals surface area contributed by atoms with Crippen LogP contribution < -0.4 is 10.5 Å². The Morgan fingerprint density at radius 3 is 2.50 bits per heavy atom. The molecule has 0 unspecified atom stereocenters. The summed E-state index contributed by atoms with van der Waals surface area (Å²) >= 11 is 0. The third kappa shape index (κ3) is 4.33. The van der Waals surface area contributed by atoms with Crippen molar-refractivity contribution in [3.8, 4) is 11.1 Å². The van der Waals surface area contributed by atoms with Gasteiger partial charge in [0.2, 0.25) is 10.0 Å². The van der Waals surface area contributed by atoms with E-state index in [9.17, 15) is 8.42 Å². The number of anilines is 1. The maximum absolute atomic E-state index is 11.5. The molecular weight excluding hydrogens is 350 g/mol. The van der Waals surface area contributed by atoms with E-state index in [1.54, 1.807) is 12.4 Å². The fourth-order valence-electron chi connectivity index (χ4n) is 2.36. The van der Waals surface area contributed by atoms with Gasteiger partial charge in [0.1, 0.15) is 10.7 Å². The van der Waals surface area contributed by atoms with Crippen molar-refractivity contribution < 1.29 is 8.42 Å². The van der Waals surface area contributed by atoms with E-state index >= 15 is 0 Å². The van der Waals surface area contributed by atoms with E-state index in [-0.39, 0.29) is 10.3 Å². The lowest BCUT2D eigenvalue weighted by Gasteiger charge is -2.19. The maximum atomic E-state index is 11.5. The minimum absolute atomic E-state index is 0.0261. The molecule has 3 rings (SSSR count). The van der Waals surface area contributed by atoms with Gasteiger partial charge in [-0.25, -0.2) is 18.5 Å². The van der Waals surface area contributed by atoms with Crippen LogP contribution in [0.2, 0.25) is 0 Å². The van der Waals surface area contributed by atoms with Gasteiger partial charge in [-0.15, -0.1) is 0 Å². The Labute approximate surface area is 152 Å². The van der Waals surface area contributed by atoms with Gasteiger partial charge in [0.05, 0.1) is 17.2 Å². The first-order chi connectivity index (χ1) is 12.1. The standard InChI is InChI=1S/C18H21N5O2S/c1-18(2,3)11-22-17-10-21-15-5-4-12(7-16(15)23-17)13-6-14(9-20-8-13)26(19,24)25/h4-10H,11H2,1-3H3,(H,22,23)(H2,19,24,25). The molecule has 1 aromatic carbocycles. The second-order valence-corrected chi connectivity index (χ2v) is 8.89. The monoisotopic (exact) mass is 371 g/mol. The Bertz CT molecular complexity index is 1060. The predicted octanol–water partition coefficient (Wildman–Crippen LogP) is 2.80. The largest absolute Gasteiger partial charge is 0.368 e. The number of pyridine rings is 1. The van der Waals surface area contributed by atoms with Crippen LogP contribution in [0.4, 0.5) is 5.82 Å². The lowest BCUT2D eigenvalue weighted by atomic mass is 9.97. The third-order valence-electron chi connectivity index (χ3n) is 3.72. The van der Waals surface area contributed by atoms with Crippen LogP contribution in [0.5, 0.6) is 0 Å². The van der Waals surface area contributed by atoms with E-state index in [0.29, 0.717) is 16.9 Å². The normalized spacial score (nSPS) is 12.3. The number of fused-ring (bicyclic) bond motifs is 1. The molecule has 0 bridgehead atoms. The van der Waals surface area contributed by atoms with E-state index in [0.717, 1.165) is 17.6 Å². The molecule has 0 saturated heterocycles. The topological polar surface area (TPSA) is 111 Å². The van der Waals surface area contributed by atoms with Gasteiger partial charge in [-0.2, -0.15) is 0 Å². The zero-order valence-corrected chi connectivity index (χ0v) is 15.7. The summed E-state index contributed by atoms with van der Waals surface area (Å²) in [5.41, 5.74) is 3.03. The average molecular weight is 371 g/mol. The molecule has 26 heavy (non-hydrogen) atoms. The molecule has 0 radical (unpaired) electrons. The third-order valence-corrected chi connectivity index (χ3v) is 4.60. The second-order valence-electron chi connectivity index (χ2n) is 7.33. The summed E-state index contributed by atoms with van der Waals surface area (Å²) in [6.45, 7) is 7.18. The van der Waals surface area contributed by atoms with Gasteiger partial charge in [-0.3, -0.25) is 9.97 Å². The molecule has 8 heteroatoms. The van der Waals surface area contributed by atoms with Gasteiger partial charge < -0.3 is 5.32 Å². The highest BCUT2D eigenvalue weighted by molar-refractivity contribution is 7.89. The molecule has 0 aliphatic rings. The number of nitrogens with zero attached hydrogens (tertiary/aromatic N) is 3. The Balaban J connectivity index is 1.98. The Hall–Kier alpha value is -2.58. The van der Waals surface area contributed by atoms with Crippen molar-refractivity contribution >= 4 is 26.9 Å². The lowest BCUT2D eigenvalue weighted by molar-refractivity contribution is 0.442. The molecule has 0 amide bonds. The fourth-order valence-corrected chi connectivity index (χ4v) is 2.86. The van der Waals surface area contributed by atoms with E-state index < -0.39 is 10.0 Å². The van der Waals surface area contributed by atoms with Crippen molar-refractivity contribution in [2.75, 3.05) is 11.9 Å². The van der Waals surface area contributed by atoms with Crippen LogP contribution in [-0.2, 0) is 10.0 Å². The van der Waals surface area contributed by atoms with Crippen molar-refractivity contribution in [1.29, 1.82) is 0 Å². The zero-order chi connectivity index (χ0) is 18.9. The highest BCUT2D eigenvalue weighted by Crippen LogP contribution is 2.25. The quantitative estimate of drug-likeness (QED) is 0.729. The summed E-state index contributed by atoms with van der Waals surface area (Å²) < 4.78 is 23.1. The van der Waals surface area contributed by atoms with Crippen molar-refractivity contribution in [2.45, 2.75) is 25.7 Å². The SMILES string of the molecule is CC(C)(C)CNc1cnc2ccc(-c3cncc(S(N)(=O)=O)c3)cc2n1. The van der Waals surface area contributed by atoms with Crippen LogP contribution in [0.15, 0.2) is 47.8 Å². The van der Waals surface area contributed by atoms with Crippen molar-refractivity contribution in [1.82, 2.24) is 15.0 Å². The zero-order valence-electron chi connectivity index (χ0n) is 14.9. The van der Waals surface area contributed by atoms with Gasteiger partial charge in [0.15, 0.2) is 0 Å².